The van der Waals surface area contributed by atoms with Crippen LogP contribution >= 0.6 is 0 Å². The normalized spacial score (nSPS) is 10.1. The van der Waals surface area contributed by atoms with Gasteiger partial charge in [-0.15, -0.1) is 0 Å². The molecule has 2 rings (SSSR count). The maximum atomic E-state index is 11.9. The summed E-state index contributed by atoms with van der Waals surface area (Å²) in [5.41, 5.74) is 2.67. The molecule has 0 spiro atoms. The lowest BCUT2D eigenvalue weighted by molar-refractivity contribution is 0.0734. The van der Waals surface area contributed by atoms with Crippen LogP contribution in [-0.4, -0.2) is 11.1 Å². The first-order valence-corrected chi connectivity index (χ1v) is 5.65. The first-order valence-electron chi connectivity index (χ1n) is 5.65. The van der Waals surface area contributed by atoms with Gasteiger partial charge in [-0.1, -0.05) is 12.1 Å². The molecular formula is C15H14O3. The average molecular weight is 242 g/mol. The number of esters is 1. The van der Waals surface area contributed by atoms with Gasteiger partial charge in [-0.2, -0.15) is 0 Å². The number of carbonyl (C=O) groups is 1. The van der Waals surface area contributed by atoms with Crippen LogP contribution in [0.1, 0.15) is 21.5 Å². The highest BCUT2D eigenvalue weighted by Gasteiger charge is 2.09. The molecule has 0 aliphatic heterocycles. The van der Waals surface area contributed by atoms with Crippen LogP contribution in [0.3, 0.4) is 0 Å². The van der Waals surface area contributed by atoms with E-state index in [9.17, 15) is 9.90 Å². The van der Waals surface area contributed by atoms with Crippen LogP contribution in [-0.2, 0) is 0 Å². The number of hydrogen-bond acceptors (Lipinski definition) is 3. The minimum Gasteiger partial charge on any atom is -0.508 e. The Kier molecular flexibility index (Phi) is 3.33. The lowest BCUT2D eigenvalue weighted by Crippen LogP contribution is -2.08. The minimum atomic E-state index is -0.427. The van der Waals surface area contributed by atoms with E-state index in [0.717, 1.165) is 11.1 Å². The Balaban J connectivity index is 2.19. The quantitative estimate of drug-likeness (QED) is 0.649. The molecule has 92 valence electrons. The van der Waals surface area contributed by atoms with Gasteiger partial charge in [0.15, 0.2) is 0 Å². The number of ether oxygens (including phenoxy) is 1. The van der Waals surface area contributed by atoms with Crippen molar-refractivity contribution in [3.63, 3.8) is 0 Å². The van der Waals surface area contributed by atoms with E-state index in [-0.39, 0.29) is 5.75 Å². The van der Waals surface area contributed by atoms with Gasteiger partial charge in [0.05, 0.1) is 5.56 Å². The number of aromatic hydroxyl groups is 1. The highest BCUT2D eigenvalue weighted by atomic mass is 16.5. The zero-order valence-electron chi connectivity index (χ0n) is 10.3. The number of hydrogen-bond donors (Lipinski definition) is 1. The summed E-state index contributed by atoms with van der Waals surface area (Å²) in [4.78, 5) is 11.9. The summed E-state index contributed by atoms with van der Waals surface area (Å²) in [7, 11) is 0. The largest absolute Gasteiger partial charge is 0.508 e. The summed E-state index contributed by atoms with van der Waals surface area (Å²) in [6, 6.07) is 11.6. The fraction of sp³-hybridized carbons (Fsp3) is 0.133. The fourth-order valence-electron chi connectivity index (χ4n) is 1.58. The molecule has 0 bridgehead atoms. The van der Waals surface area contributed by atoms with Crippen molar-refractivity contribution in [3.05, 3.63) is 59.2 Å². The van der Waals surface area contributed by atoms with E-state index in [1.54, 1.807) is 24.3 Å². The van der Waals surface area contributed by atoms with Crippen molar-refractivity contribution in [2.45, 2.75) is 13.8 Å². The topological polar surface area (TPSA) is 46.5 Å². The SMILES string of the molecule is Cc1ccc(C(=O)Oc2cccc(O)c2)cc1C. The lowest BCUT2D eigenvalue weighted by Gasteiger charge is -2.06. The smallest absolute Gasteiger partial charge is 0.343 e. The molecule has 0 aliphatic carbocycles. The number of rotatable bonds is 2. The maximum Gasteiger partial charge on any atom is 0.343 e. The van der Waals surface area contributed by atoms with Gasteiger partial charge in [0.2, 0.25) is 0 Å². The molecule has 0 saturated carbocycles. The summed E-state index contributed by atoms with van der Waals surface area (Å²) in [6.07, 6.45) is 0. The zero-order valence-corrected chi connectivity index (χ0v) is 10.3. The second-order valence-corrected chi connectivity index (χ2v) is 4.19. The predicted octanol–water partition coefficient (Wildman–Crippen LogP) is 3.23. The van der Waals surface area contributed by atoms with Gasteiger partial charge in [0, 0.05) is 6.07 Å². The zero-order chi connectivity index (χ0) is 13.1. The standard InChI is InChI=1S/C15H14O3/c1-10-6-7-12(8-11(10)2)15(17)18-14-5-3-4-13(16)9-14/h3-9,16H,1-2H3. The Hall–Kier alpha value is -2.29. The molecule has 0 saturated heterocycles. The second kappa shape index (κ2) is 4.92. The molecule has 18 heavy (non-hydrogen) atoms. The summed E-state index contributed by atoms with van der Waals surface area (Å²) in [6.45, 7) is 3.93. The lowest BCUT2D eigenvalue weighted by atomic mass is 10.1. The Morgan fingerprint density at radius 1 is 1.06 bits per heavy atom. The van der Waals surface area contributed by atoms with Crippen molar-refractivity contribution >= 4 is 5.97 Å². The van der Waals surface area contributed by atoms with Crippen LogP contribution in [0.5, 0.6) is 11.5 Å². The summed E-state index contributed by atoms with van der Waals surface area (Å²) in [5, 5.41) is 9.29. The van der Waals surface area contributed by atoms with Crippen molar-refractivity contribution in [2.24, 2.45) is 0 Å². The molecule has 0 aromatic heterocycles. The molecule has 0 fully saturated rings. The molecule has 3 nitrogen and oxygen atoms in total. The average Bonchev–Trinajstić information content (AvgIpc) is 2.32. The van der Waals surface area contributed by atoms with Crippen LogP contribution < -0.4 is 4.74 Å². The molecule has 0 radical (unpaired) electrons. The van der Waals surface area contributed by atoms with Gasteiger partial charge in [-0.05, 0) is 49.2 Å². The first kappa shape index (κ1) is 12.2. The molecule has 2 aromatic carbocycles. The molecular weight excluding hydrogens is 228 g/mol. The van der Waals surface area contributed by atoms with Crippen molar-refractivity contribution in [1.82, 2.24) is 0 Å². The molecule has 0 unspecified atom stereocenters. The number of carbonyl (C=O) groups excluding carboxylic acids is 1. The third-order valence-electron chi connectivity index (χ3n) is 2.77. The third kappa shape index (κ3) is 2.69. The molecule has 1 N–H and O–H groups in total. The first-order chi connectivity index (χ1) is 8.56. The fourth-order valence-corrected chi connectivity index (χ4v) is 1.58. The van der Waals surface area contributed by atoms with Crippen molar-refractivity contribution in [1.29, 1.82) is 0 Å². The van der Waals surface area contributed by atoms with E-state index in [1.165, 1.54) is 12.1 Å². The van der Waals surface area contributed by atoms with Crippen LogP contribution in [0.2, 0.25) is 0 Å². The van der Waals surface area contributed by atoms with Gasteiger partial charge >= 0.3 is 5.97 Å². The summed E-state index contributed by atoms with van der Waals surface area (Å²) >= 11 is 0. The summed E-state index contributed by atoms with van der Waals surface area (Å²) in [5.74, 6) is -0.0256. The monoisotopic (exact) mass is 242 g/mol. The number of aryl methyl sites for hydroxylation is 2. The predicted molar refractivity (Wildman–Crippen MR) is 69.0 cm³/mol. The Morgan fingerprint density at radius 3 is 2.50 bits per heavy atom. The van der Waals surface area contributed by atoms with Crippen LogP contribution in [0.4, 0.5) is 0 Å². The Bertz CT molecular complexity index is 588. The molecule has 0 aliphatic rings. The second-order valence-electron chi connectivity index (χ2n) is 4.19. The molecule has 3 heteroatoms. The molecule has 0 amide bonds. The van der Waals surface area contributed by atoms with Crippen molar-refractivity contribution < 1.29 is 14.6 Å². The highest BCUT2D eigenvalue weighted by molar-refractivity contribution is 5.91. The maximum absolute atomic E-state index is 11.9. The van der Waals surface area contributed by atoms with Gasteiger partial charge in [0.25, 0.3) is 0 Å². The van der Waals surface area contributed by atoms with Crippen LogP contribution in [0, 0.1) is 13.8 Å². The third-order valence-corrected chi connectivity index (χ3v) is 2.77. The van der Waals surface area contributed by atoms with E-state index >= 15 is 0 Å². The van der Waals surface area contributed by atoms with Crippen molar-refractivity contribution in [2.75, 3.05) is 0 Å². The Labute approximate surface area is 106 Å². The van der Waals surface area contributed by atoms with E-state index in [1.807, 2.05) is 19.9 Å². The van der Waals surface area contributed by atoms with E-state index in [0.29, 0.717) is 11.3 Å². The minimum absolute atomic E-state index is 0.0698. The summed E-state index contributed by atoms with van der Waals surface area (Å²) < 4.78 is 5.18. The van der Waals surface area contributed by atoms with Crippen LogP contribution in [0.25, 0.3) is 0 Å². The van der Waals surface area contributed by atoms with Gasteiger partial charge in [-0.3, -0.25) is 0 Å². The van der Waals surface area contributed by atoms with Gasteiger partial charge in [0.1, 0.15) is 11.5 Å². The molecule has 2 aromatic rings. The van der Waals surface area contributed by atoms with E-state index in [4.69, 9.17) is 4.74 Å². The van der Waals surface area contributed by atoms with Gasteiger partial charge in [-0.25, -0.2) is 4.79 Å². The number of phenols is 1. The van der Waals surface area contributed by atoms with E-state index in [2.05, 4.69) is 0 Å². The Morgan fingerprint density at radius 2 is 1.83 bits per heavy atom. The highest BCUT2D eigenvalue weighted by Crippen LogP contribution is 2.19. The van der Waals surface area contributed by atoms with Crippen LogP contribution in [0.15, 0.2) is 42.5 Å². The number of benzene rings is 2. The van der Waals surface area contributed by atoms with E-state index < -0.39 is 5.97 Å². The van der Waals surface area contributed by atoms with Gasteiger partial charge < -0.3 is 9.84 Å². The molecule has 0 atom stereocenters. The van der Waals surface area contributed by atoms with Crippen molar-refractivity contribution in [3.8, 4) is 11.5 Å². The number of phenolic OH excluding ortho intramolecular Hbond substituents is 1. The molecule has 0 heterocycles.